The van der Waals surface area contributed by atoms with Crippen LogP contribution in [0.5, 0.6) is 11.5 Å². The molecule has 0 spiro atoms. The Morgan fingerprint density at radius 2 is 1.66 bits per heavy atom. The fourth-order valence-corrected chi connectivity index (χ4v) is 4.12. The molecule has 38 heavy (non-hydrogen) atoms. The smallest absolute Gasteiger partial charge is 0.257 e. The van der Waals surface area contributed by atoms with E-state index in [1.807, 2.05) is 74.5 Å². The van der Waals surface area contributed by atoms with E-state index in [0.717, 1.165) is 22.6 Å². The molecule has 0 radical (unpaired) electrons. The van der Waals surface area contributed by atoms with Gasteiger partial charge in [0.25, 0.3) is 5.91 Å². The zero-order valence-electron chi connectivity index (χ0n) is 21.0. The number of anilines is 1. The third-order valence-electron chi connectivity index (χ3n) is 5.33. The summed E-state index contributed by atoms with van der Waals surface area (Å²) in [6.07, 6.45) is 1.49. The van der Waals surface area contributed by atoms with Crippen LogP contribution in [0.2, 0.25) is 0 Å². The maximum absolute atomic E-state index is 12.4. The highest BCUT2D eigenvalue weighted by atomic mass is 32.1. The SMILES string of the molecule is Cc1ccc(OCCOc2ccccc2C=NNC(=O)Cc2nnc(NC(=O)c3ccccc3C)s2)cc1. The van der Waals surface area contributed by atoms with Crippen molar-refractivity contribution < 1.29 is 19.1 Å². The third kappa shape index (κ3) is 7.71. The molecule has 4 aromatic rings. The minimum Gasteiger partial charge on any atom is -0.490 e. The first-order valence-electron chi connectivity index (χ1n) is 11.9. The van der Waals surface area contributed by atoms with Crippen molar-refractivity contribution in [3.8, 4) is 11.5 Å². The summed E-state index contributed by atoms with van der Waals surface area (Å²) in [5.41, 5.74) is 5.78. The van der Waals surface area contributed by atoms with Gasteiger partial charge in [-0.1, -0.05) is 59.4 Å². The molecule has 0 bridgehead atoms. The highest BCUT2D eigenvalue weighted by Crippen LogP contribution is 2.18. The van der Waals surface area contributed by atoms with Crippen LogP contribution in [0.25, 0.3) is 0 Å². The molecule has 0 aliphatic carbocycles. The summed E-state index contributed by atoms with van der Waals surface area (Å²) >= 11 is 1.13. The van der Waals surface area contributed by atoms with Gasteiger partial charge < -0.3 is 9.47 Å². The number of nitrogens with one attached hydrogen (secondary N) is 2. The van der Waals surface area contributed by atoms with Crippen molar-refractivity contribution >= 4 is 34.5 Å². The Morgan fingerprint density at radius 3 is 2.47 bits per heavy atom. The number of hydrazone groups is 1. The number of carbonyl (C=O) groups is 2. The fraction of sp³-hybridized carbons (Fsp3) is 0.179. The molecule has 4 rings (SSSR count). The molecule has 2 amide bonds. The van der Waals surface area contributed by atoms with Crippen molar-refractivity contribution in [1.29, 1.82) is 0 Å². The highest BCUT2D eigenvalue weighted by molar-refractivity contribution is 7.15. The van der Waals surface area contributed by atoms with Gasteiger partial charge in [-0.3, -0.25) is 14.9 Å². The van der Waals surface area contributed by atoms with Crippen LogP contribution in [-0.4, -0.2) is 41.4 Å². The molecule has 10 heteroatoms. The number of rotatable bonds is 11. The molecule has 0 saturated carbocycles. The van der Waals surface area contributed by atoms with Gasteiger partial charge in [-0.2, -0.15) is 5.10 Å². The number of carbonyl (C=O) groups excluding carboxylic acids is 2. The van der Waals surface area contributed by atoms with Crippen molar-refractivity contribution in [3.63, 3.8) is 0 Å². The Morgan fingerprint density at radius 1 is 0.921 bits per heavy atom. The molecule has 9 nitrogen and oxygen atoms in total. The van der Waals surface area contributed by atoms with E-state index in [-0.39, 0.29) is 18.2 Å². The number of benzene rings is 3. The topological polar surface area (TPSA) is 115 Å². The number of para-hydroxylation sites is 1. The van der Waals surface area contributed by atoms with Crippen molar-refractivity contribution in [2.45, 2.75) is 20.3 Å². The summed E-state index contributed by atoms with van der Waals surface area (Å²) < 4.78 is 11.5. The van der Waals surface area contributed by atoms with Gasteiger partial charge in [0.05, 0.1) is 12.6 Å². The predicted molar refractivity (Wildman–Crippen MR) is 147 cm³/mol. The van der Waals surface area contributed by atoms with E-state index in [9.17, 15) is 9.59 Å². The standard InChI is InChI=1S/C28H27N5O4S/c1-19-11-13-22(14-12-19)36-15-16-37-24-10-6-4-8-21(24)18-29-31-25(34)17-26-32-33-28(38-26)30-27(35)23-9-5-3-7-20(23)2/h3-14,18H,15-17H2,1-2H3,(H,31,34)(H,30,33,35). The number of ether oxygens (including phenoxy) is 2. The molecular formula is C28H27N5O4S. The van der Waals surface area contributed by atoms with E-state index in [1.165, 1.54) is 11.8 Å². The van der Waals surface area contributed by atoms with Crippen molar-refractivity contribution in [2.24, 2.45) is 5.10 Å². The second kappa shape index (κ2) is 13.1. The zero-order valence-corrected chi connectivity index (χ0v) is 21.8. The Hall–Kier alpha value is -4.57. The summed E-state index contributed by atoms with van der Waals surface area (Å²) in [6, 6.07) is 22.4. The van der Waals surface area contributed by atoms with Crippen LogP contribution in [0.4, 0.5) is 5.13 Å². The maximum Gasteiger partial charge on any atom is 0.257 e. The first kappa shape index (κ1) is 26.5. The number of aromatic nitrogens is 2. The summed E-state index contributed by atoms with van der Waals surface area (Å²) in [6.45, 7) is 4.62. The zero-order chi connectivity index (χ0) is 26.7. The summed E-state index contributed by atoms with van der Waals surface area (Å²) in [5.74, 6) is 0.769. The number of hydrogen-bond acceptors (Lipinski definition) is 8. The number of nitrogens with zero attached hydrogens (tertiary/aromatic N) is 3. The quantitative estimate of drug-likeness (QED) is 0.167. The van der Waals surface area contributed by atoms with Crippen LogP contribution in [0.3, 0.4) is 0 Å². The van der Waals surface area contributed by atoms with Crippen LogP contribution in [0, 0.1) is 13.8 Å². The molecule has 2 N–H and O–H groups in total. The largest absolute Gasteiger partial charge is 0.490 e. The van der Waals surface area contributed by atoms with Gasteiger partial charge >= 0.3 is 0 Å². The lowest BCUT2D eigenvalue weighted by molar-refractivity contribution is -0.120. The van der Waals surface area contributed by atoms with E-state index >= 15 is 0 Å². The summed E-state index contributed by atoms with van der Waals surface area (Å²) in [5, 5.41) is 15.5. The van der Waals surface area contributed by atoms with Gasteiger partial charge in [0.1, 0.15) is 29.7 Å². The monoisotopic (exact) mass is 529 g/mol. The number of hydrogen-bond donors (Lipinski definition) is 2. The average Bonchev–Trinajstić information content (AvgIpc) is 3.35. The van der Waals surface area contributed by atoms with Gasteiger partial charge in [0.15, 0.2) is 0 Å². The van der Waals surface area contributed by atoms with Crippen LogP contribution in [0.1, 0.15) is 32.1 Å². The van der Waals surface area contributed by atoms with Gasteiger partial charge in [0, 0.05) is 11.1 Å². The minimum atomic E-state index is -0.362. The second-order valence-corrected chi connectivity index (χ2v) is 9.35. The van der Waals surface area contributed by atoms with Crippen molar-refractivity contribution in [1.82, 2.24) is 15.6 Å². The van der Waals surface area contributed by atoms with E-state index < -0.39 is 0 Å². The van der Waals surface area contributed by atoms with Crippen LogP contribution in [0.15, 0.2) is 77.9 Å². The average molecular weight is 530 g/mol. The summed E-state index contributed by atoms with van der Waals surface area (Å²) in [7, 11) is 0. The Labute approximate surface area is 224 Å². The van der Waals surface area contributed by atoms with E-state index in [1.54, 1.807) is 12.1 Å². The molecule has 0 aliphatic heterocycles. The van der Waals surface area contributed by atoms with E-state index in [4.69, 9.17) is 9.47 Å². The van der Waals surface area contributed by atoms with Crippen molar-refractivity contribution in [2.75, 3.05) is 18.5 Å². The van der Waals surface area contributed by atoms with Gasteiger partial charge in [-0.25, -0.2) is 5.43 Å². The lowest BCUT2D eigenvalue weighted by atomic mass is 10.1. The highest BCUT2D eigenvalue weighted by Gasteiger charge is 2.13. The first-order valence-corrected chi connectivity index (χ1v) is 12.7. The van der Waals surface area contributed by atoms with Gasteiger partial charge in [0.2, 0.25) is 11.0 Å². The lowest BCUT2D eigenvalue weighted by Crippen LogP contribution is -2.19. The van der Waals surface area contributed by atoms with E-state index in [0.29, 0.717) is 40.2 Å². The van der Waals surface area contributed by atoms with Crippen LogP contribution < -0.4 is 20.2 Å². The number of aryl methyl sites for hydroxylation is 2. The third-order valence-corrected chi connectivity index (χ3v) is 6.17. The molecule has 0 fully saturated rings. The molecule has 0 unspecified atom stereocenters. The Bertz CT molecular complexity index is 1420. The molecule has 0 aliphatic rings. The predicted octanol–water partition coefficient (Wildman–Crippen LogP) is 4.56. The Balaban J connectivity index is 1.23. The first-order chi connectivity index (χ1) is 18.5. The van der Waals surface area contributed by atoms with E-state index in [2.05, 4.69) is 26.0 Å². The normalized spacial score (nSPS) is 10.8. The maximum atomic E-state index is 12.4. The van der Waals surface area contributed by atoms with Crippen LogP contribution in [-0.2, 0) is 11.2 Å². The molecule has 1 heterocycles. The number of amides is 2. The molecular weight excluding hydrogens is 502 g/mol. The summed E-state index contributed by atoms with van der Waals surface area (Å²) in [4.78, 5) is 24.8. The lowest BCUT2D eigenvalue weighted by Gasteiger charge is -2.10. The van der Waals surface area contributed by atoms with Gasteiger partial charge in [-0.05, 0) is 49.7 Å². The molecule has 0 saturated heterocycles. The molecule has 0 atom stereocenters. The van der Waals surface area contributed by atoms with Crippen LogP contribution >= 0.6 is 11.3 Å². The fourth-order valence-electron chi connectivity index (χ4n) is 3.38. The minimum absolute atomic E-state index is 0.0241. The Kier molecular flexibility index (Phi) is 9.14. The molecule has 3 aromatic carbocycles. The second-order valence-electron chi connectivity index (χ2n) is 8.29. The molecule has 194 valence electrons. The molecule has 1 aromatic heterocycles. The van der Waals surface area contributed by atoms with Gasteiger partial charge in [-0.15, -0.1) is 10.2 Å². The van der Waals surface area contributed by atoms with Crippen molar-refractivity contribution in [3.05, 3.63) is 100 Å².